The topological polar surface area (TPSA) is 17.1 Å². The SMILES string of the molecule is C#CC(=O)Cc1c(F)cccc1Cl. The lowest BCUT2D eigenvalue weighted by Gasteiger charge is -2.01. The lowest BCUT2D eigenvalue weighted by molar-refractivity contribution is -0.113. The lowest BCUT2D eigenvalue weighted by atomic mass is 10.1. The third kappa shape index (κ3) is 2.30. The molecule has 0 amide bonds. The van der Waals surface area contributed by atoms with Gasteiger partial charge in [0, 0.05) is 17.0 Å². The molecule has 0 aliphatic heterocycles. The molecule has 0 heterocycles. The summed E-state index contributed by atoms with van der Waals surface area (Å²) in [5.41, 5.74) is 0.159. The molecular formula is C10H6ClFO. The van der Waals surface area contributed by atoms with Crippen molar-refractivity contribution < 1.29 is 9.18 Å². The van der Waals surface area contributed by atoms with E-state index in [0.717, 1.165) is 0 Å². The highest BCUT2D eigenvalue weighted by Crippen LogP contribution is 2.19. The summed E-state index contributed by atoms with van der Waals surface area (Å²) in [6.45, 7) is 0. The van der Waals surface area contributed by atoms with Crippen LogP contribution in [0.15, 0.2) is 18.2 Å². The molecule has 0 radical (unpaired) electrons. The number of hydrogen-bond donors (Lipinski definition) is 0. The van der Waals surface area contributed by atoms with E-state index >= 15 is 0 Å². The second-order valence-electron chi connectivity index (χ2n) is 2.44. The summed E-state index contributed by atoms with van der Waals surface area (Å²) in [5, 5.41) is 0.226. The van der Waals surface area contributed by atoms with Crippen LogP contribution < -0.4 is 0 Å². The normalized spacial score (nSPS) is 9.31. The summed E-state index contributed by atoms with van der Waals surface area (Å²) in [7, 11) is 0. The van der Waals surface area contributed by atoms with Gasteiger partial charge in [-0.15, -0.1) is 6.42 Å². The van der Waals surface area contributed by atoms with Gasteiger partial charge in [-0.05, 0) is 18.1 Å². The predicted molar refractivity (Wildman–Crippen MR) is 49.0 cm³/mol. The summed E-state index contributed by atoms with van der Waals surface area (Å²) in [4.78, 5) is 10.8. The van der Waals surface area contributed by atoms with Gasteiger partial charge in [0.15, 0.2) is 0 Å². The van der Waals surface area contributed by atoms with Gasteiger partial charge in [-0.25, -0.2) is 4.39 Å². The molecule has 1 nitrogen and oxygen atoms in total. The number of halogens is 2. The largest absolute Gasteiger partial charge is 0.285 e. The molecule has 1 rings (SSSR count). The Balaban J connectivity index is 3.01. The van der Waals surface area contributed by atoms with Crippen molar-refractivity contribution in [3.8, 4) is 12.3 Å². The van der Waals surface area contributed by atoms with E-state index in [1.54, 1.807) is 0 Å². The van der Waals surface area contributed by atoms with Gasteiger partial charge in [-0.2, -0.15) is 0 Å². The zero-order valence-electron chi connectivity index (χ0n) is 6.68. The fourth-order valence-corrected chi connectivity index (χ4v) is 1.14. The first kappa shape index (κ1) is 9.76. The van der Waals surface area contributed by atoms with E-state index in [9.17, 15) is 9.18 Å². The molecule has 1 aromatic carbocycles. The molecule has 0 spiro atoms. The summed E-state index contributed by atoms with van der Waals surface area (Å²) in [6.07, 6.45) is 4.70. The average Bonchev–Trinajstić information content (AvgIpc) is 2.11. The van der Waals surface area contributed by atoms with Crippen LogP contribution in [0.1, 0.15) is 5.56 Å². The highest BCUT2D eigenvalue weighted by Gasteiger charge is 2.09. The Morgan fingerprint density at radius 1 is 1.62 bits per heavy atom. The Morgan fingerprint density at radius 2 is 2.31 bits per heavy atom. The van der Waals surface area contributed by atoms with E-state index < -0.39 is 11.6 Å². The lowest BCUT2D eigenvalue weighted by Crippen LogP contribution is -2.01. The van der Waals surface area contributed by atoms with Gasteiger partial charge in [0.2, 0.25) is 5.78 Å². The zero-order valence-corrected chi connectivity index (χ0v) is 7.44. The Labute approximate surface area is 80.5 Å². The first-order valence-corrected chi connectivity index (χ1v) is 3.95. The smallest absolute Gasteiger partial charge is 0.209 e. The highest BCUT2D eigenvalue weighted by molar-refractivity contribution is 6.31. The molecule has 66 valence electrons. The average molecular weight is 197 g/mol. The van der Waals surface area contributed by atoms with Crippen LogP contribution in [-0.4, -0.2) is 5.78 Å². The van der Waals surface area contributed by atoms with Gasteiger partial charge in [0.25, 0.3) is 0 Å². The van der Waals surface area contributed by atoms with Crippen molar-refractivity contribution in [2.24, 2.45) is 0 Å². The second kappa shape index (κ2) is 4.06. The molecule has 0 fully saturated rings. The number of benzene rings is 1. The third-order valence-electron chi connectivity index (χ3n) is 1.56. The quantitative estimate of drug-likeness (QED) is 0.524. The van der Waals surface area contributed by atoms with Gasteiger partial charge < -0.3 is 0 Å². The minimum absolute atomic E-state index is 0.151. The Morgan fingerprint density at radius 3 is 2.85 bits per heavy atom. The maximum absolute atomic E-state index is 13.0. The van der Waals surface area contributed by atoms with Crippen LogP contribution >= 0.6 is 11.6 Å². The molecule has 0 atom stereocenters. The minimum Gasteiger partial charge on any atom is -0.285 e. The van der Waals surface area contributed by atoms with Crippen LogP contribution in [0.2, 0.25) is 5.02 Å². The number of rotatable bonds is 2. The van der Waals surface area contributed by atoms with Gasteiger partial charge in [-0.3, -0.25) is 4.79 Å². The number of carbonyl (C=O) groups excluding carboxylic acids is 1. The van der Waals surface area contributed by atoms with Crippen molar-refractivity contribution in [3.63, 3.8) is 0 Å². The van der Waals surface area contributed by atoms with E-state index in [-0.39, 0.29) is 17.0 Å². The van der Waals surface area contributed by atoms with Gasteiger partial charge in [-0.1, -0.05) is 17.7 Å². The summed E-state index contributed by atoms with van der Waals surface area (Å²) in [5.74, 6) is 0.920. The summed E-state index contributed by atoms with van der Waals surface area (Å²) >= 11 is 5.67. The van der Waals surface area contributed by atoms with Crippen LogP contribution in [0, 0.1) is 18.2 Å². The molecule has 0 aliphatic rings. The van der Waals surface area contributed by atoms with E-state index in [0.29, 0.717) is 0 Å². The molecule has 0 unspecified atom stereocenters. The van der Waals surface area contributed by atoms with Crippen LogP contribution in [-0.2, 0) is 11.2 Å². The fourth-order valence-electron chi connectivity index (χ4n) is 0.913. The monoisotopic (exact) mass is 196 g/mol. The van der Waals surface area contributed by atoms with Crippen molar-refractivity contribution in [2.45, 2.75) is 6.42 Å². The maximum Gasteiger partial charge on any atom is 0.209 e. The Bertz CT molecular complexity index is 359. The summed E-state index contributed by atoms with van der Waals surface area (Å²) < 4.78 is 13.0. The molecule has 0 aromatic heterocycles. The van der Waals surface area contributed by atoms with Gasteiger partial charge in [0.05, 0.1) is 0 Å². The first-order valence-electron chi connectivity index (χ1n) is 3.57. The van der Waals surface area contributed by atoms with E-state index in [4.69, 9.17) is 18.0 Å². The molecule has 13 heavy (non-hydrogen) atoms. The molecule has 0 aliphatic carbocycles. The van der Waals surface area contributed by atoms with Crippen molar-refractivity contribution >= 4 is 17.4 Å². The Hall–Kier alpha value is -1.33. The summed E-state index contributed by atoms with van der Waals surface area (Å²) in [6, 6.07) is 4.23. The predicted octanol–water partition coefficient (Wildman–Crippen LogP) is 2.22. The van der Waals surface area contributed by atoms with Crippen molar-refractivity contribution in [1.29, 1.82) is 0 Å². The number of carbonyl (C=O) groups is 1. The van der Waals surface area contributed by atoms with E-state index in [2.05, 4.69) is 0 Å². The second-order valence-corrected chi connectivity index (χ2v) is 2.85. The van der Waals surface area contributed by atoms with E-state index in [1.807, 2.05) is 5.92 Å². The van der Waals surface area contributed by atoms with Crippen LogP contribution in [0.25, 0.3) is 0 Å². The molecule has 0 saturated carbocycles. The zero-order chi connectivity index (χ0) is 9.84. The number of hydrogen-bond acceptors (Lipinski definition) is 1. The number of Topliss-reactive ketones (excluding diaryl/α,β-unsaturated/α-hetero) is 1. The van der Waals surface area contributed by atoms with Gasteiger partial charge >= 0.3 is 0 Å². The first-order chi connectivity index (χ1) is 6.15. The molecule has 0 bridgehead atoms. The standard InChI is InChI=1S/C10H6ClFO/c1-2-7(13)6-8-9(11)4-3-5-10(8)12/h1,3-5H,6H2. The Kier molecular flexibility index (Phi) is 3.05. The van der Waals surface area contributed by atoms with Crippen LogP contribution in [0.5, 0.6) is 0 Å². The minimum atomic E-state index is -0.504. The highest BCUT2D eigenvalue weighted by atomic mass is 35.5. The fraction of sp³-hybridized carbons (Fsp3) is 0.100. The molecule has 0 saturated heterocycles. The van der Waals surface area contributed by atoms with E-state index in [1.165, 1.54) is 18.2 Å². The number of terminal acetylenes is 1. The molecule has 0 N–H and O–H groups in total. The number of ketones is 1. The van der Waals surface area contributed by atoms with Crippen molar-refractivity contribution in [2.75, 3.05) is 0 Å². The van der Waals surface area contributed by atoms with Crippen molar-refractivity contribution in [3.05, 3.63) is 34.6 Å². The molecule has 3 heteroatoms. The van der Waals surface area contributed by atoms with Crippen LogP contribution in [0.4, 0.5) is 4.39 Å². The third-order valence-corrected chi connectivity index (χ3v) is 1.91. The molecule has 1 aromatic rings. The van der Waals surface area contributed by atoms with Crippen LogP contribution in [0.3, 0.4) is 0 Å². The molecular weight excluding hydrogens is 191 g/mol. The van der Waals surface area contributed by atoms with Crippen molar-refractivity contribution in [1.82, 2.24) is 0 Å². The maximum atomic E-state index is 13.0. The van der Waals surface area contributed by atoms with Gasteiger partial charge in [0.1, 0.15) is 5.82 Å².